The summed E-state index contributed by atoms with van der Waals surface area (Å²) in [7, 11) is 0. The lowest BCUT2D eigenvalue weighted by Gasteiger charge is -2.73. The average molecular weight is 528 g/mol. The summed E-state index contributed by atoms with van der Waals surface area (Å²) in [6.45, 7) is 22.6. The van der Waals surface area contributed by atoms with E-state index in [4.69, 9.17) is 0 Å². The van der Waals surface area contributed by atoms with Crippen molar-refractivity contribution in [3.8, 4) is 0 Å². The van der Waals surface area contributed by atoms with E-state index in [0.717, 1.165) is 32.2 Å². The highest BCUT2D eigenvalue weighted by atomic mass is 16.3. The first-order valence-electron chi connectivity index (χ1n) is 15.8. The Kier molecular flexibility index (Phi) is 7.26. The van der Waals surface area contributed by atoms with Crippen LogP contribution in [0.4, 0.5) is 0 Å². The number of rotatable bonds is 7. The minimum atomic E-state index is -0.392. The Balaban J connectivity index is 1.51. The Bertz CT molecular complexity index is 948. The van der Waals surface area contributed by atoms with Crippen molar-refractivity contribution in [2.75, 3.05) is 19.8 Å². The van der Waals surface area contributed by atoms with Gasteiger partial charge in [-0.25, -0.2) is 0 Å². The van der Waals surface area contributed by atoms with Crippen LogP contribution in [-0.2, 0) is 0 Å². The minimum Gasteiger partial charge on any atom is -0.396 e. The molecule has 0 amide bonds. The molecule has 0 heterocycles. The fourth-order valence-corrected chi connectivity index (χ4v) is 12.2. The minimum absolute atomic E-state index is 0.0913. The van der Waals surface area contributed by atoms with E-state index < -0.39 is 6.10 Å². The van der Waals surface area contributed by atoms with Crippen molar-refractivity contribution in [1.29, 1.82) is 0 Å². The first-order valence-corrected chi connectivity index (χ1v) is 15.8. The van der Waals surface area contributed by atoms with Gasteiger partial charge in [0.15, 0.2) is 0 Å². The van der Waals surface area contributed by atoms with Crippen LogP contribution in [-0.4, -0.2) is 41.2 Å². The Morgan fingerprint density at radius 1 is 0.842 bits per heavy atom. The molecule has 1 unspecified atom stereocenters. The molecular formula is C34H57NO3. The zero-order valence-electron chi connectivity index (χ0n) is 25.1. The van der Waals surface area contributed by atoms with E-state index in [9.17, 15) is 15.3 Å². The zero-order chi connectivity index (χ0) is 27.7. The number of nitrogens with one attached hydrogen (secondary N) is 1. The third kappa shape index (κ3) is 3.64. The molecule has 216 valence electrons. The monoisotopic (exact) mass is 527 g/mol. The molecule has 0 aromatic rings. The van der Waals surface area contributed by atoms with Gasteiger partial charge in [-0.15, -0.1) is 0 Å². The average Bonchev–Trinajstić information content (AvgIpc) is 3.28. The highest BCUT2D eigenvalue weighted by Crippen LogP contribution is 2.78. The van der Waals surface area contributed by atoms with Crippen LogP contribution in [0.5, 0.6) is 0 Å². The topological polar surface area (TPSA) is 72.7 Å². The maximum atomic E-state index is 11.0. The standard InChI is InChI=1S/C34H57NO3/c1-22(2)24-11-16-34(23(3)35-19-8-20-36)18-17-32(6)25(29(24)34)9-10-27-30(4)14-13-28(38)31(5,21-37)26(30)12-15-33(27,32)7/h24-29,35-38H,1,3,8-21H2,2,4-7H3/t24-,25?,26+,27+,28-,29+,30-,31-,32+,33+,34+/m0/s1. The molecular weight excluding hydrogens is 470 g/mol. The van der Waals surface area contributed by atoms with E-state index in [1.165, 1.54) is 56.2 Å². The van der Waals surface area contributed by atoms with Gasteiger partial charge in [0.2, 0.25) is 0 Å². The molecule has 5 aliphatic rings. The van der Waals surface area contributed by atoms with E-state index in [-0.39, 0.29) is 40.3 Å². The number of aliphatic hydroxyl groups excluding tert-OH is 3. The summed E-state index contributed by atoms with van der Waals surface area (Å²) in [6.07, 6.45) is 12.0. The molecule has 0 aromatic carbocycles. The third-order valence-corrected chi connectivity index (χ3v) is 14.5. The van der Waals surface area contributed by atoms with Gasteiger partial charge in [0.1, 0.15) is 0 Å². The maximum absolute atomic E-state index is 11.0. The molecule has 38 heavy (non-hydrogen) atoms. The summed E-state index contributed by atoms with van der Waals surface area (Å²) in [5.74, 6) is 2.83. The smallest absolute Gasteiger partial charge is 0.0618 e. The predicted octanol–water partition coefficient (Wildman–Crippen LogP) is 6.46. The van der Waals surface area contributed by atoms with Crippen molar-refractivity contribution in [2.45, 2.75) is 111 Å². The van der Waals surface area contributed by atoms with Gasteiger partial charge in [0, 0.05) is 29.7 Å². The Morgan fingerprint density at radius 3 is 2.24 bits per heavy atom. The second-order valence-electron chi connectivity index (χ2n) is 15.5. The quantitative estimate of drug-likeness (QED) is 0.226. The Hall–Kier alpha value is -0.840. The van der Waals surface area contributed by atoms with Crippen molar-refractivity contribution in [3.05, 3.63) is 24.4 Å². The van der Waals surface area contributed by atoms with Crippen LogP contribution in [0.3, 0.4) is 0 Å². The second-order valence-corrected chi connectivity index (χ2v) is 15.5. The molecule has 5 saturated carbocycles. The molecule has 0 aliphatic heterocycles. The first-order chi connectivity index (χ1) is 17.9. The maximum Gasteiger partial charge on any atom is 0.0618 e. The fourth-order valence-electron chi connectivity index (χ4n) is 12.2. The van der Waals surface area contributed by atoms with Crippen molar-refractivity contribution in [2.24, 2.45) is 56.7 Å². The number of hydrogen-bond donors (Lipinski definition) is 4. The molecule has 0 saturated heterocycles. The van der Waals surface area contributed by atoms with Gasteiger partial charge >= 0.3 is 0 Å². The molecule has 4 heteroatoms. The summed E-state index contributed by atoms with van der Waals surface area (Å²) in [6, 6.07) is 0. The van der Waals surface area contributed by atoms with E-state index in [2.05, 4.69) is 53.1 Å². The number of hydrogen-bond acceptors (Lipinski definition) is 4. The predicted molar refractivity (Wildman–Crippen MR) is 155 cm³/mol. The summed E-state index contributed by atoms with van der Waals surface area (Å²) < 4.78 is 0. The Labute approximate surface area is 232 Å². The molecule has 5 rings (SSSR count). The third-order valence-electron chi connectivity index (χ3n) is 14.5. The van der Waals surface area contributed by atoms with Gasteiger partial charge in [-0.2, -0.15) is 0 Å². The van der Waals surface area contributed by atoms with Gasteiger partial charge < -0.3 is 20.6 Å². The Morgan fingerprint density at radius 2 is 1.58 bits per heavy atom. The van der Waals surface area contributed by atoms with Crippen LogP contribution in [0, 0.1) is 56.7 Å². The number of fused-ring (bicyclic) bond motifs is 7. The molecule has 0 bridgehead atoms. The molecule has 0 spiro atoms. The SMILES string of the molecule is C=C(C)[C@@H]1CC[C@]2(C(=C)NCCCO)CC[C@]3(C)C(CC[C@@H]4[C@@]5(C)CC[C@H](O)[C@@](C)(CO)[C@@H]5CC[C@]43C)[C@@H]12. The van der Waals surface area contributed by atoms with E-state index in [0.29, 0.717) is 29.6 Å². The molecule has 11 atom stereocenters. The van der Waals surface area contributed by atoms with Gasteiger partial charge in [-0.3, -0.25) is 0 Å². The van der Waals surface area contributed by atoms with Crippen molar-refractivity contribution in [3.63, 3.8) is 0 Å². The van der Waals surface area contributed by atoms with Crippen molar-refractivity contribution >= 4 is 0 Å². The van der Waals surface area contributed by atoms with Crippen LogP contribution in [0.1, 0.15) is 105 Å². The van der Waals surface area contributed by atoms with Crippen LogP contribution < -0.4 is 5.32 Å². The van der Waals surface area contributed by atoms with Crippen LogP contribution in [0.25, 0.3) is 0 Å². The lowest BCUT2D eigenvalue weighted by molar-refractivity contribution is -0.252. The van der Waals surface area contributed by atoms with Gasteiger partial charge in [-0.05, 0) is 123 Å². The van der Waals surface area contributed by atoms with Gasteiger partial charge in [-0.1, -0.05) is 46.4 Å². The molecule has 0 aromatic heterocycles. The molecule has 0 radical (unpaired) electrons. The lowest BCUT2D eigenvalue weighted by atomic mass is 9.32. The van der Waals surface area contributed by atoms with Gasteiger partial charge in [0.05, 0.1) is 12.7 Å². The summed E-state index contributed by atoms with van der Waals surface area (Å²) in [5, 5.41) is 34.6. The van der Waals surface area contributed by atoms with Crippen molar-refractivity contribution < 1.29 is 15.3 Å². The fraction of sp³-hybridized carbons (Fsp3) is 0.882. The van der Waals surface area contributed by atoms with Crippen LogP contribution in [0.2, 0.25) is 0 Å². The highest BCUT2D eigenvalue weighted by molar-refractivity contribution is 5.27. The van der Waals surface area contributed by atoms with E-state index >= 15 is 0 Å². The second kappa shape index (κ2) is 9.62. The normalized spacial score (nSPS) is 51.8. The zero-order valence-corrected chi connectivity index (χ0v) is 25.1. The number of aliphatic hydroxyl groups is 3. The van der Waals surface area contributed by atoms with Crippen molar-refractivity contribution in [1.82, 2.24) is 5.32 Å². The summed E-state index contributed by atoms with van der Waals surface area (Å²) in [5.41, 5.74) is 3.04. The van der Waals surface area contributed by atoms with Crippen LogP contribution in [0.15, 0.2) is 24.4 Å². The van der Waals surface area contributed by atoms with E-state index in [1.807, 2.05) is 0 Å². The van der Waals surface area contributed by atoms with E-state index in [1.54, 1.807) is 0 Å². The summed E-state index contributed by atoms with van der Waals surface area (Å²) in [4.78, 5) is 0. The summed E-state index contributed by atoms with van der Waals surface area (Å²) >= 11 is 0. The molecule has 5 fully saturated rings. The largest absolute Gasteiger partial charge is 0.396 e. The van der Waals surface area contributed by atoms with Crippen LogP contribution >= 0.6 is 0 Å². The molecule has 4 N–H and O–H groups in total. The molecule has 4 nitrogen and oxygen atoms in total. The molecule has 5 aliphatic carbocycles. The highest BCUT2D eigenvalue weighted by Gasteiger charge is 2.71. The van der Waals surface area contributed by atoms with Gasteiger partial charge in [0.25, 0.3) is 0 Å². The lowest BCUT2D eigenvalue weighted by Crippen LogP contribution is -2.67. The number of allylic oxidation sites excluding steroid dienone is 2. The first kappa shape index (κ1) is 28.7.